The monoisotopic (exact) mass is 194 g/mol. The number of primary amides is 1. The second kappa shape index (κ2) is 4.62. The van der Waals surface area contributed by atoms with Crippen LogP contribution in [0.1, 0.15) is 17.5 Å². The first kappa shape index (κ1) is 10.5. The number of nitrogen functional groups attached to an aromatic ring is 1. The molecule has 0 unspecified atom stereocenters. The van der Waals surface area contributed by atoms with Gasteiger partial charge >= 0.3 is 0 Å². The predicted molar refractivity (Wildman–Crippen MR) is 54.3 cm³/mol. The Kier molecular flexibility index (Phi) is 3.48. The van der Waals surface area contributed by atoms with Gasteiger partial charge in [0.15, 0.2) is 0 Å². The van der Waals surface area contributed by atoms with Crippen LogP contribution in [0.15, 0.2) is 18.2 Å². The number of aliphatic hydroxyl groups excluding tert-OH is 1. The summed E-state index contributed by atoms with van der Waals surface area (Å²) in [4.78, 5) is 10.5. The molecule has 0 atom stereocenters. The lowest BCUT2D eigenvalue weighted by atomic mass is 10.1. The zero-order chi connectivity index (χ0) is 10.6. The highest BCUT2D eigenvalue weighted by Gasteiger charge is 2.01. The molecule has 0 aromatic heterocycles. The van der Waals surface area contributed by atoms with Gasteiger partial charge in [-0.05, 0) is 18.1 Å². The molecular formula is C10H14N2O2. The molecule has 1 amide bonds. The Hall–Kier alpha value is -1.55. The predicted octanol–water partition coefficient (Wildman–Crippen LogP) is 0.179. The highest BCUT2D eigenvalue weighted by molar-refractivity contribution is 5.74. The van der Waals surface area contributed by atoms with Crippen LogP contribution < -0.4 is 11.5 Å². The topological polar surface area (TPSA) is 89.3 Å². The van der Waals surface area contributed by atoms with Crippen LogP contribution in [-0.4, -0.2) is 11.0 Å². The number of rotatable bonds is 4. The van der Waals surface area contributed by atoms with Crippen molar-refractivity contribution in [2.45, 2.75) is 19.4 Å². The van der Waals surface area contributed by atoms with Gasteiger partial charge in [0.25, 0.3) is 0 Å². The maximum Gasteiger partial charge on any atom is 0.217 e. The van der Waals surface area contributed by atoms with E-state index in [9.17, 15) is 4.79 Å². The van der Waals surface area contributed by atoms with Gasteiger partial charge in [-0.1, -0.05) is 12.1 Å². The number of nitrogens with two attached hydrogens (primary N) is 2. The third-order valence-electron chi connectivity index (χ3n) is 2.04. The summed E-state index contributed by atoms with van der Waals surface area (Å²) in [6, 6.07) is 5.34. The van der Waals surface area contributed by atoms with E-state index in [1.165, 1.54) is 0 Å². The molecule has 1 rings (SSSR count). The molecule has 0 heterocycles. The lowest BCUT2D eigenvalue weighted by Gasteiger charge is -2.05. The normalized spacial score (nSPS) is 10.1. The number of hydrogen-bond acceptors (Lipinski definition) is 3. The molecule has 0 saturated heterocycles. The van der Waals surface area contributed by atoms with E-state index in [0.29, 0.717) is 24.1 Å². The van der Waals surface area contributed by atoms with Crippen molar-refractivity contribution in [2.24, 2.45) is 5.73 Å². The first-order valence-electron chi connectivity index (χ1n) is 4.40. The van der Waals surface area contributed by atoms with E-state index in [-0.39, 0.29) is 12.5 Å². The molecule has 0 radical (unpaired) electrons. The third-order valence-corrected chi connectivity index (χ3v) is 2.04. The molecule has 0 aliphatic heterocycles. The second-order valence-corrected chi connectivity index (χ2v) is 3.16. The maximum atomic E-state index is 10.5. The van der Waals surface area contributed by atoms with E-state index in [1.807, 2.05) is 6.07 Å². The summed E-state index contributed by atoms with van der Waals surface area (Å²) >= 11 is 0. The van der Waals surface area contributed by atoms with Crippen LogP contribution >= 0.6 is 0 Å². The van der Waals surface area contributed by atoms with Crippen molar-refractivity contribution in [3.63, 3.8) is 0 Å². The number of anilines is 1. The Morgan fingerprint density at radius 2 is 2.14 bits per heavy atom. The minimum atomic E-state index is -0.327. The van der Waals surface area contributed by atoms with Gasteiger partial charge in [-0.15, -0.1) is 0 Å². The SMILES string of the molecule is NC(=O)CCc1ccc(N)c(CO)c1. The smallest absolute Gasteiger partial charge is 0.217 e. The number of carbonyl (C=O) groups excluding carboxylic acids is 1. The third kappa shape index (κ3) is 2.74. The molecule has 1 aromatic rings. The summed E-state index contributed by atoms with van der Waals surface area (Å²) in [5, 5.41) is 8.95. The van der Waals surface area contributed by atoms with Crippen molar-refractivity contribution in [2.75, 3.05) is 5.73 Å². The number of benzene rings is 1. The molecule has 0 saturated carbocycles. The quantitative estimate of drug-likeness (QED) is 0.597. The van der Waals surface area contributed by atoms with E-state index in [4.69, 9.17) is 16.6 Å². The minimum absolute atomic E-state index is 0.0871. The molecule has 4 heteroatoms. The van der Waals surface area contributed by atoms with Crippen LogP contribution in [0.2, 0.25) is 0 Å². The summed E-state index contributed by atoms with van der Waals surface area (Å²) in [7, 11) is 0. The lowest BCUT2D eigenvalue weighted by molar-refractivity contribution is -0.117. The van der Waals surface area contributed by atoms with Gasteiger partial charge in [0.2, 0.25) is 5.91 Å². The molecule has 14 heavy (non-hydrogen) atoms. The molecule has 0 fully saturated rings. The van der Waals surface area contributed by atoms with Crippen molar-refractivity contribution < 1.29 is 9.90 Å². The highest BCUT2D eigenvalue weighted by atomic mass is 16.3. The van der Waals surface area contributed by atoms with Crippen LogP contribution in [0.4, 0.5) is 5.69 Å². The van der Waals surface area contributed by atoms with Gasteiger partial charge in [0.05, 0.1) is 6.61 Å². The van der Waals surface area contributed by atoms with E-state index in [1.54, 1.807) is 12.1 Å². The number of hydrogen-bond donors (Lipinski definition) is 3. The fourth-order valence-corrected chi connectivity index (χ4v) is 1.22. The Balaban J connectivity index is 2.74. The first-order valence-corrected chi connectivity index (χ1v) is 4.40. The molecular weight excluding hydrogens is 180 g/mol. The molecule has 4 nitrogen and oxygen atoms in total. The van der Waals surface area contributed by atoms with Crippen LogP contribution in [0.5, 0.6) is 0 Å². The zero-order valence-electron chi connectivity index (χ0n) is 7.86. The largest absolute Gasteiger partial charge is 0.398 e. The Labute approximate surface area is 82.5 Å². The van der Waals surface area contributed by atoms with E-state index in [0.717, 1.165) is 5.56 Å². The average Bonchev–Trinajstić information content (AvgIpc) is 2.16. The Morgan fingerprint density at radius 1 is 1.43 bits per heavy atom. The maximum absolute atomic E-state index is 10.5. The van der Waals surface area contributed by atoms with Crippen LogP contribution in [-0.2, 0) is 17.8 Å². The van der Waals surface area contributed by atoms with E-state index >= 15 is 0 Å². The zero-order valence-corrected chi connectivity index (χ0v) is 7.86. The second-order valence-electron chi connectivity index (χ2n) is 3.16. The molecule has 76 valence electrons. The molecule has 0 aliphatic carbocycles. The molecule has 0 bridgehead atoms. The first-order chi connectivity index (χ1) is 6.63. The van der Waals surface area contributed by atoms with Crippen LogP contribution in [0.3, 0.4) is 0 Å². The van der Waals surface area contributed by atoms with Gasteiger partial charge in [-0.3, -0.25) is 4.79 Å². The molecule has 5 N–H and O–H groups in total. The van der Waals surface area contributed by atoms with Crippen LogP contribution in [0.25, 0.3) is 0 Å². The minimum Gasteiger partial charge on any atom is -0.398 e. The molecule has 0 spiro atoms. The van der Waals surface area contributed by atoms with Gasteiger partial charge in [-0.25, -0.2) is 0 Å². The summed E-state index contributed by atoms with van der Waals surface area (Å²) in [5.41, 5.74) is 12.8. The van der Waals surface area contributed by atoms with Gasteiger partial charge in [0, 0.05) is 17.7 Å². The Morgan fingerprint density at radius 3 is 2.71 bits per heavy atom. The van der Waals surface area contributed by atoms with Gasteiger partial charge < -0.3 is 16.6 Å². The fraction of sp³-hybridized carbons (Fsp3) is 0.300. The molecule has 0 aliphatic rings. The van der Waals surface area contributed by atoms with Crippen molar-refractivity contribution >= 4 is 11.6 Å². The molecule has 1 aromatic carbocycles. The van der Waals surface area contributed by atoms with E-state index in [2.05, 4.69) is 0 Å². The summed E-state index contributed by atoms with van der Waals surface area (Å²) < 4.78 is 0. The number of aryl methyl sites for hydroxylation is 1. The number of amides is 1. The lowest BCUT2D eigenvalue weighted by Crippen LogP contribution is -2.11. The fourth-order valence-electron chi connectivity index (χ4n) is 1.22. The highest BCUT2D eigenvalue weighted by Crippen LogP contribution is 2.15. The Bertz CT molecular complexity index is 337. The van der Waals surface area contributed by atoms with Crippen molar-refractivity contribution in [1.82, 2.24) is 0 Å². The van der Waals surface area contributed by atoms with Crippen LogP contribution in [0, 0.1) is 0 Å². The average molecular weight is 194 g/mol. The van der Waals surface area contributed by atoms with E-state index < -0.39 is 0 Å². The number of aliphatic hydroxyl groups is 1. The van der Waals surface area contributed by atoms with Crippen molar-refractivity contribution in [3.8, 4) is 0 Å². The number of carbonyl (C=O) groups is 1. The van der Waals surface area contributed by atoms with Crippen molar-refractivity contribution in [1.29, 1.82) is 0 Å². The van der Waals surface area contributed by atoms with Gasteiger partial charge in [-0.2, -0.15) is 0 Å². The summed E-state index contributed by atoms with van der Waals surface area (Å²) in [6.45, 7) is -0.0871. The summed E-state index contributed by atoms with van der Waals surface area (Å²) in [6.07, 6.45) is 0.900. The van der Waals surface area contributed by atoms with Crippen molar-refractivity contribution in [3.05, 3.63) is 29.3 Å². The standard InChI is InChI=1S/C10H14N2O2/c11-9-3-1-7(2-4-10(12)14)5-8(9)6-13/h1,3,5,13H,2,4,6,11H2,(H2,12,14). The summed E-state index contributed by atoms with van der Waals surface area (Å²) in [5.74, 6) is -0.327. The van der Waals surface area contributed by atoms with Gasteiger partial charge in [0.1, 0.15) is 0 Å².